The van der Waals surface area contributed by atoms with Gasteiger partial charge in [0.1, 0.15) is 12.6 Å². The Balaban J connectivity index is 1.49. The number of aryl methyl sites for hydroxylation is 2. The number of carbonyl (C=O) groups is 1. The molecule has 0 bridgehead atoms. The number of carbonyl (C=O) groups excluding carboxylic acids is 1. The van der Waals surface area contributed by atoms with Crippen molar-refractivity contribution < 1.29 is 14.3 Å². The Bertz CT molecular complexity index is 1550. The smallest absolute Gasteiger partial charge is 0.255 e. The van der Waals surface area contributed by atoms with Crippen LogP contribution in [0, 0.1) is 13.8 Å². The second-order valence-corrected chi connectivity index (χ2v) is 10.3. The van der Waals surface area contributed by atoms with Crippen LogP contribution in [0.2, 0.25) is 0 Å². The van der Waals surface area contributed by atoms with Crippen molar-refractivity contribution >= 4 is 33.5 Å². The van der Waals surface area contributed by atoms with Gasteiger partial charge in [-0.2, -0.15) is 4.68 Å². The molecule has 0 radical (unpaired) electrons. The molecule has 1 aliphatic heterocycles. The van der Waals surface area contributed by atoms with Gasteiger partial charge in [-0.15, -0.1) is 0 Å². The normalized spacial score (nSPS) is 14.4. The summed E-state index contributed by atoms with van der Waals surface area (Å²) in [7, 11) is 0. The Morgan fingerprint density at radius 3 is 2.56 bits per heavy atom. The molecule has 3 aromatic carbocycles. The van der Waals surface area contributed by atoms with Gasteiger partial charge in [0.15, 0.2) is 11.5 Å². The fourth-order valence-corrected chi connectivity index (χ4v) is 4.85. The second-order valence-electron chi connectivity index (χ2n) is 9.34. The number of fused-ring (bicyclic) bond motifs is 1. The molecule has 9 nitrogen and oxygen atoms in total. The van der Waals surface area contributed by atoms with Crippen molar-refractivity contribution in [2.24, 2.45) is 0 Å². The number of benzene rings is 3. The van der Waals surface area contributed by atoms with Gasteiger partial charge in [0.05, 0.1) is 12.2 Å². The molecule has 2 N–H and O–H groups in total. The van der Waals surface area contributed by atoms with Gasteiger partial charge in [-0.1, -0.05) is 56.9 Å². The van der Waals surface area contributed by atoms with Crippen LogP contribution < -0.4 is 20.1 Å². The molecule has 5 rings (SSSR count). The predicted molar refractivity (Wildman–Crippen MR) is 153 cm³/mol. The largest absolute Gasteiger partial charge is 0.490 e. The van der Waals surface area contributed by atoms with E-state index in [1.807, 2.05) is 88.4 Å². The van der Waals surface area contributed by atoms with E-state index in [1.165, 1.54) is 0 Å². The number of ether oxygens (including phenoxy) is 2. The Morgan fingerprint density at radius 2 is 1.82 bits per heavy atom. The molecule has 0 aliphatic carbocycles. The van der Waals surface area contributed by atoms with Gasteiger partial charge in [-0.3, -0.25) is 4.79 Å². The first-order valence-corrected chi connectivity index (χ1v) is 13.4. The summed E-state index contributed by atoms with van der Waals surface area (Å²) >= 11 is 3.46. The third-order valence-electron chi connectivity index (χ3n) is 6.48. The van der Waals surface area contributed by atoms with Gasteiger partial charge in [0, 0.05) is 15.9 Å². The van der Waals surface area contributed by atoms with Crippen LogP contribution in [0.4, 0.5) is 11.6 Å². The molecule has 4 aromatic rings. The van der Waals surface area contributed by atoms with E-state index in [9.17, 15) is 4.79 Å². The average molecular weight is 589 g/mol. The molecular formula is C29H29BrN6O3. The number of aromatic nitrogens is 4. The van der Waals surface area contributed by atoms with E-state index < -0.39 is 6.04 Å². The maximum atomic E-state index is 13.7. The predicted octanol–water partition coefficient (Wildman–Crippen LogP) is 5.96. The highest BCUT2D eigenvalue weighted by Crippen LogP contribution is 2.39. The quantitative estimate of drug-likeness (QED) is 0.262. The molecule has 0 saturated heterocycles. The number of allylic oxidation sites excluding steroid dienone is 1. The highest BCUT2D eigenvalue weighted by Gasteiger charge is 2.34. The zero-order valence-corrected chi connectivity index (χ0v) is 23.7. The molecule has 1 atom stereocenters. The van der Waals surface area contributed by atoms with Gasteiger partial charge >= 0.3 is 0 Å². The summed E-state index contributed by atoms with van der Waals surface area (Å²) in [6.07, 6.45) is 0. The van der Waals surface area contributed by atoms with E-state index >= 15 is 0 Å². The number of nitrogens with one attached hydrogen (secondary N) is 2. The van der Waals surface area contributed by atoms with Gasteiger partial charge < -0.3 is 20.1 Å². The fourth-order valence-electron chi connectivity index (χ4n) is 4.58. The standard InChI is InChI=1S/C29H29BrN6O3/c1-5-38-25-15-21(9-13-24(25)39-16-20-7-10-22(30)11-8-20)27-26(19(4)31-29-33-34-35-36(27)29)28(37)32-23-12-6-17(2)14-18(23)3/h6-15,27H,5,16H2,1-4H3,(H,32,37)(H,31,33,35). The molecule has 1 aliphatic rings. The van der Waals surface area contributed by atoms with Crippen molar-refractivity contribution in [3.05, 3.63) is 98.7 Å². The van der Waals surface area contributed by atoms with Crippen LogP contribution in [0.15, 0.2) is 76.4 Å². The average Bonchev–Trinajstić information content (AvgIpc) is 3.38. The number of anilines is 2. The third-order valence-corrected chi connectivity index (χ3v) is 7.01. The molecule has 1 amide bonds. The van der Waals surface area contributed by atoms with E-state index in [2.05, 4.69) is 42.1 Å². The molecular weight excluding hydrogens is 560 g/mol. The van der Waals surface area contributed by atoms with Crippen molar-refractivity contribution in [3.8, 4) is 11.5 Å². The Kier molecular flexibility index (Phi) is 7.65. The maximum absolute atomic E-state index is 13.7. The van der Waals surface area contributed by atoms with Crippen molar-refractivity contribution in [1.82, 2.24) is 20.2 Å². The molecule has 0 fully saturated rings. The van der Waals surface area contributed by atoms with Crippen LogP contribution in [0.1, 0.15) is 42.1 Å². The van der Waals surface area contributed by atoms with Crippen molar-refractivity contribution in [1.29, 1.82) is 0 Å². The van der Waals surface area contributed by atoms with Gasteiger partial charge in [0.25, 0.3) is 5.91 Å². The van der Waals surface area contributed by atoms with Gasteiger partial charge in [-0.05, 0) is 85.1 Å². The van der Waals surface area contributed by atoms with Crippen LogP contribution in [-0.4, -0.2) is 32.7 Å². The van der Waals surface area contributed by atoms with E-state index in [1.54, 1.807) is 4.68 Å². The number of tetrazole rings is 1. The highest BCUT2D eigenvalue weighted by molar-refractivity contribution is 9.10. The SMILES string of the molecule is CCOc1cc(C2C(C(=O)Nc3ccc(C)cc3C)=C(C)Nc3nnnn32)ccc1OCc1ccc(Br)cc1. The van der Waals surface area contributed by atoms with E-state index in [0.29, 0.717) is 41.9 Å². The molecule has 0 spiro atoms. The fraction of sp³-hybridized carbons (Fsp3) is 0.241. The van der Waals surface area contributed by atoms with Gasteiger partial charge in [0.2, 0.25) is 5.95 Å². The van der Waals surface area contributed by atoms with Crippen LogP contribution in [-0.2, 0) is 11.4 Å². The van der Waals surface area contributed by atoms with Crippen molar-refractivity contribution in [3.63, 3.8) is 0 Å². The lowest BCUT2D eigenvalue weighted by Crippen LogP contribution is -2.31. The Labute approximate surface area is 235 Å². The lowest BCUT2D eigenvalue weighted by molar-refractivity contribution is -0.113. The molecule has 1 unspecified atom stereocenters. The topological polar surface area (TPSA) is 103 Å². The molecule has 0 saturated carbocycles. The summed E-state index contributed by atoms with van der Waals surface area (Å²) in [5, 5.41) is 18.4. The second kappa shape index (κ2) is 11.3. The number of hydrogen-bond donors (Lipinski definition) is 2. The summed E-state index contributed by atoms with van der Waals surface area (Å²) in [6.45, 7) is 8.60. The minimum Gasteiger partial charge on any atom is -0.490 e. The van der Waals surface area contributed by atoms with E-state index in [4.69, 9.17) is 9.47 Å². The lowest BCUT2D eigenvalue weighted by atomic mass is 9.94. The zero-order chi connectivity index (χ0) is 27.5. The molecule has 2 heterocycles. The summed E-state index contributed by atoms with van der Waals surface area (Å²) in [5.41, 5.74) is 5.84. The molecule has 1 aromatic heterocycles. The van der Waals surface area contributed by atoms with Crippen LogP contribution >= 0.6 is 15.9 Å². The first-order valence-electron chi connectivity index (χ1n) is 12.6. The number of amides is 1. The minimum atomic E-state index is -0.582. The number of halogens is 1. The lowest BCUT2D eigenvalue weighted by Gasteiger charge is -2.28. The summed E-state index contributed by atoms with van der Waals surface area (Å²) in [5.74, 6) is 1.39. The summed E-state index contributed by atoms with van der Waals surface area (Å²) in [4.78, 5) is 13.7. The monoisotopic (exact) mass is 588 g/mol. The number of hydrogen-bond acceptors (Lipinski definition) is 7. The van der Waals surface area contributed by atoms with Crippen LogP contribution in [0.5, 0.6) is 11.5 Å². The van der Waals surface area contributed by atoms with Crippen molar-refractivity contribution in [2.75, 3.05) is 17.2 Å². The number of rotatable bonds is 8. The van der Waals surface area contributed by atoms with Crippen LogP contribution in [0.25, 0.3) is 0 Å². The highest BCUT2D eigenvalue weighted by atomic mass is 79.9. The first-order chi connectivity index (χ1) is 18.8. The maximum Gasteiger partial charge on any atom is 0.255 e. The van der Waals surface area contributed by atoms with E-state index in [-0.39, 0.29) is 5.91 Å². The molecule has 39 heavy (non-hydrogen) atoms. The first kappa shape index (κ1) is 26.4. The zero-order valence-electron chi connectivity index (χ0n) is 22.2. The Hall–Kier alpha value is -4.18. The number of nitrogens with zero attached hydrogens (tertiary/aromatic N) is 4. The van der Waals surface area contributed by atoms with Gasteiger partial charge in [-0.25, -0.2) is 0 Å². The third kappa shape index (κ3) is 5.65. The molecule has 10 heteroatoms. The minimum absolute atomic E-state index is 0.244. The Morgan fingerprint density at radius 1 is 1.03 bits per heavy atom. The molecule has 200 valence electrons. The van der Waals surface area contributed by atoms with Crippen molar-refractivity contribution in [2.45, 2.75) is 40.3 Å². The van der Waals surface area contributed by atoms with E-state index in [0.717, 1.165) is 32.4 Å². The summed E-state index contributed by atoms with van der Waals surface area (Å²) in [6, 6.07) is 19.0. The van der Waals surface area contributed by atoms with Crippen LogP contribution in [0.3, 0.4) is 0 Å². The summed E-state index contributed by atoms with van der Waals surface area (Å²) < 4.78 is 14.7.